The van der Waals surface area contributed by atoms with Crippen molar-refractivity contribution in [1.82, 2.24) is 20.1 Å². The molecule has 0 saturated carbocycles. The van der Waals surface area contributed by atoms with Crippen LogP contribution in [0.4, 0.5) is 13.2 Å². The third-order valence-electron chi connectivity index (χ3n) is 5.02. The summed E-state index contributed by atoms with van der Waals surface area (Å²) in [6.45, 7) is 6.03. The average Bonchev–Trinajstić information content (AvgIpc) is 3.25. The van der Waals surface area contributed by atoms with E-state index in [-0.39, 0.29) is 31.0 Å². The highest BCUT2D eigenvalue weighted by Gasteiger charge is 2.42. The average molecular weight is 444 g/mol. The van der Waals surface area contributed by atoms with Crippen LogP contribution in [-0.2, 0) is 16.1 Å². The van der Waals surface area contributed by atoms with E-state index < -0.39 is 18.1 Å². The first-order valence-electron chi connectivity index (χ1n) is 10.7. The van der Waals surface area contributed by atoms with Crippen LogP contribution in [0.5, 0.6) is 0 Å². The van der Waals surface area contributed by atoms with Gasteiger partial charge in [0.05, 0.1) is 24.4 Å². The number of hydrogen-bond acceptors (Lipinski definition) is 6. The summed E-state index contributed by atoms with van der Waals surface area (Å²) in [6, 6.07) is 2.77. The number of pyridine rings is 1. The number of amides is 1. The molecule has 1 aliphatic rings. The summed E-state index contributed by atoms with van der Waals surface area (Å²) in [5, 5.41) is 3.22. The molecular weight excluding hydrogens is 413 g/mol. The van der Waals surface area contributed by atoms with Crippen molar-refractivity contribution in [3.05, 3.63) is 29.6 Å². The molecule has 2 rings (SSSR count). The van der Waals surface area contributed by atoms with Gasteiger partial charge < -0.3 is 19.9 Å². The molecule has 1 saturated heterocycles. The Bertz CT molecular complexity index is 709. The standard InChI is InChI=1S/C21H31F3N4O3/c1-2-31-19(29)17-7-10-26-18(15-17)16-28(20(30)21(22,23)24)14-6-9-25-8-5-13-27-11-3-4-12-27/h7,10,15,25H,2-6,8-9,11-14,16H2,1H3. The van der Waals surface area contributed by atoms with Crippen molar-refractivity contribution < 1.29 is 27.5 Å². The number of carbonyl (C=O) groups excluding carboxylic acids is 2. The van der Waals surface area contributed by atoms with Gasteiger partial charge in [-0.3, -0.25) is 9.78 Å². The normalized spacial score (nSPS) is 14.6. The number of carbonyl (C=O) groups is 2. The van der Waals surface area contributed by atoms with Crippen molar-refractivity contribution in [2.45, 2.75) is 45.3 Å². The number of rotatable bonds is 12. The Morgan fingerprint density at radius 3 is 2.61 bits per heavy atom. The number of esters is 1. The summed E-state index contributed by atoms with van der Waals surface area (Å²) in [7, 11) is 0. The number of aromatic nitrogens is 1. The first-order valence-corrected chi connectivity index (χ1v) is 10.7. The van der Waals surface area contributed by atoms with Crippen LogP contribution in [0.15, 0.2) is 18.3 Å². The first-order chi connectivity index (χ1) is 14.8. The van der Waals surface area contributed by atoms with E-state index in [4.69, 9.17) is 4.74 Å². The van der Waals surface area contributed by atoms with Crippen LogP contribution in [0.1, 0.15) is 48.7 Å². The van der Waals surface area contributed by atoms with Crippen LogP contribution in [-0.4, -0.2) is 78.7 Å². The topological polar surface area (TPSA) is 74.8 Å². The van der Waals surface area contributed by atoms with E-state index in [1.165, 1.54) is 31.2 Å². The zero-order valence-corrected chi connectivity index (χ0v) is 17.9. The fourth-order valence-electron chi connectivity index (χ4n) is 3.49. The maximum atomic E-state index is 13.0. The van der Waals surface area contributed by atoms with Crippen molar-refractivity contribution in [3.63, 3.8) is 0 Å². The summed E-state index contributed by atoms with van der Waals surface area (Å²) < 4.78 is 44.0. The molecule has 10 heteroatoms. The number of ether oxygens (including phenoxy) is 1. The Hall–Kier alpha value is -2.20. The van der Waals surface area contributed by atoms with Crippen LogP contribution < -0.4 is 5.32 Å². The van der Waals surface area contributed by atoms with Crippen molar-refractivity contribution in [2.75, 3.05) is 45.9 Å². The lowest BCUT2D eigenvalue weighted by molar-refractivity contribution is -0.186. The highest BCUT2D eigenvalue weighted by atomic mass is 19.4. The maximum absolute atomic E-state index is 13.0. The zero-order valence-electron chi connectivity index (χ0n) is 17.9. The Balaban J connectivity index is 1.84. The van der Waals surface area contributed by atoms with E-state index in [2.05, 4.69) is 15.2 Å². The molecule has 1 fully saturated rings. The third kappa shape index (κ3) is 8.82. The summed E-state index contributed by atoms with van der Waals surface area (Å²) in [6.07, 6.45) is 0.197. The van der Waals surface area contributed by atoms with E-state index in [0.29, 0.717) is 13.0 Å². The molecule has 174 valence electrons. The summed E-state index contributed by atoms with van der Waals surface area (Å²) in [5.74, 6) is -2.50. The molecule has 0 bridgehead atoms. The van der Waals surface area contributed by atoms with E-state index in [9.17, 15) is 22.8 Å². The first kappa shape index (κ1) is 25.1. The third-order valence-corrected chi connectivity index (χ3v) is 5.02. The fourth-order valence-corrected chi connectivity index (χ4v) is 3.49. The Kier molecular flexibility index (Phi) is 10.2. The van der Waals surface area contributed by atoms with E-state index in [1.54, 1.807) is 6.92 Å². The van der Waals surface area contributed by atoms with Gasteiger partial charge in [0.1, 0.15) is 0 Å². The number of halogens is 3. The number of nitrogens with one attached hydrogen (secondary N) is 1. The molecular formula is C21H31F3N4O3. The van der Waals surface area contributed by atoms with Gasteiger partial charge in [0.25, 0.3) is 0 Å². The second-order valence-electron chi connectivity index (χ2n) is 7.49. The van der Waals surface area contributed by atoms with Gasteiger partial charge in [0.2, 0.25) is 0 Å². The Labute approximate surface area is 180 Å². The van der Waals surface area contributed by atoms with Crippen molar-refractivity contribution >= 4 is 11.9 Å². The van der Waals surface area contributed by atoms with Crippen LogP contribution in [0, 0.1) is 0 Å². The summed E-state index contributed by atoms with van der Waals surface area (Å²) >= 11 is 0. The lowest BCUT2D eigenvalue weighted by Crippen LogP contribution is -2.42. The Morgan fingerprint density at radius 1 is 1.23 bits per heavy atom. The molecule has 1 aliphatic heterocycles. The van der Waals surface area contributed by atoms with Crippen LogP contribution in [0.3, 0.4) is 0 Å². The van der Waals surface area contributed by atoms with Gasteiger partial charge in [-0.2, -0.15) is 13.2 Å². The second kappa shape index (κ2) is 12.6. The quantitative estimate of drug-likeness (QED) is 0.395. The largest absolute Gasteiger partial charge is 0.471 e. The molecule has 0 radical (unpaired) electrons. The monoisotopic (exact) mass is 444 g/mol. The zero-order chi connectivity index (χ0) is 22.7. The Morgan fingerprint density at radius 2 is 1.94 bits per heavy atom. The minimum atomic E-state index is -4.97. The van der Waals surface area contributed by atoms with Gasteiger partial charge in [-0.15, -0.1) is 0 Å². The number of hydrogen-bond donors (Lipinski definition) is 1. The molecule has 7 nitrogen and oxygen atoms in total. The van der Waals surface area contributed by atoms with Gasteiger partial charge in [0, 0.05) is 12.7 Å². The van der Waals surface area contributed by atoms with Gasteiger partial charge in [-0.25, -0.2) is 4.79 Å². The van der Waals surface area contributed by atoms with E-state index in [0.717, 1.165) is 37.5 Å². The van der Waals surface area contributed by atoms with Gasteiger partial charge >= 0.3 is 18.1 Å². The molecule has 0 aromatic carbocycles. The maximum Gasteiger partial charge on any atom is 0.471 e. The van der Waals surface area contributed by atoms with Crippen molar-refractivity contribution in [2.24, 2.45) is 0 Å². The number of likely N-dealkylation sites (tertiary alicyclic amines) is 1. The molecule has 31 heavy (non-hydrogen) atoms. The van der Waals surface area contributed by atoms with Crippen LogP contribution in [0.25, 0.3) is 0 Å². The molecule has 1 amide bonds. The van der Waals surface area contributed by atoms with Gasteiger partial charge in [-0.1, -0.05) is 0 Å². The second-order valence-corrected chi connectivity index (χ2v) is 7.49. The molecule has 1 aromatic rings. The van der Waals surface area contributed by atoms with E-state index >= 15 is 0 Å². The molecule has 0 unspecified atom stereocenters. The lowest BCUT2D eigenvalue weighted by Gasteiger charge is -2.23. The highest BCUT2D eigenvalue weighted by Crippen LogP contribution is 2.20. The minimum Gasteiger partial charge on any atom is -0.462 e. The van der Waals surface area contributed by atoms with Gasteiger partial charge in [-0.05, 0) is 77.5 Å². The predicted molar refractivity (Wildman–Crippen MR) is 109 cm³/mol. The van der Waals surface area contributed by atoms with Crippen LogP contribution in [0.2, 0.25) is 0 Å². The molecule has 1 N–H and O–H groups in total. The molecule has 1 aromatic heterocycles. The number of nitrogens with zero attached hydrogens (tertiary/aromatic N) is 3. The van der Waals surface area contributed by atoms with Crippen LogP contribution >= 0.6 is 0 Å². The summed E-state index contributed by atoms with van der Waals surface area (Å²) in [5.41, 5.74) is 0.382. The highest BCUT2D eigenvalue weighted by molar-refractivity contribution is 5.89. The van der Waals surface area contributed by atoms with Gasteiger partial charge in [0.15, 0.2) is 0 Å². The molecule has 0 aliphatic carbocycles. The number of alkyl halides is 3. The lowest BCUT2D eigenvalue weighted by atomic mass is 10.2. The SMILES string of the molecule is CCOC(=O)c1ccnc(CN(CCCNCCCN2CCCC2)C(=O)C(F)(F)F)c1. The molecule has 2 heterocycles. The minimum absolute atomic E-state index is 0.0667. The van der Waals surface area contributed by atoms with Crippen molar-refractivity contribution in [1.29, 1.82) is 0 Å². The predicted octanol–water partition coefficient (Wildman–Crippen LogP) is 2.61. The summed E-state index contributed by atoms with van der Waals surface area (Å²) in [4.78, 5) is 30.8. The molecule has 0 spiro atoms. The molecule has 0 atom stereocenters. The fraction of sp³-hybridized carbons (Fsp3) is 0.667. The van der Waals surface area contributed by atoms with E-state index in [1.807, 2.05) is 0 Å². The van der Waals surface area contributed by atoms with Crippen molar-refractivity contribution in [3.8, 4) is 0 Å². The smallest absolute Gasteiger partial charge is 0.462 e.